The average Bonchev–Trinajstić information content (AvgIpc) is 2.59. The third-order valence-corrected chi connectivity index (χ3v) is 6.14. The van der Waals surface area contributed by atoms with E-state index in [9.17, 15) is 10.2 Å². The molecule has 0 spiro atoms. The molecular formula is C24H34O3. The first-order valence-corrected chi connectivity index (χ1v) is 10.4. The summed E-state index contributed by atoms with van der Waals surface area (Å²) in [5.74, 6) is 1.77. The number of allylic oxidation sites excluding steroid dienone is 2. The van der Waals surface area contributed by atoms with Crippen LogP contribution < -0.4 is 4.74 Å². The van der Waals surface area contributed by atoms with Crippen LogP contribution in [0.5, 0.6) is 11.5 Å². The van der Waals surface area contributed by atoms with Gasteiger partial charge in [-0.25, -0.2) is 0 Å². The highest BCUT2D eigenvalue weighted by atomic mass is 16.5. The Balaban J connectivity index is 1.85. The summed E-state index contributed by atoms with van der Waals surface area (Å²) in [6.45, 7) is 8.64. The lowest BCUT2D eigenvalue weighted by Crippen LogP contribution is -2.45. The Morgan fingerprint density at radius 3 is 2.81 bits per heavy atom. The molecule has 1 aliphatic heterocycles. The summed E-state index contributed by atoms with van der Waals surface area (Å²) in [5.41, 5.74) is 2.95. The number of phenolic OH excluding ortho intramolecular Hbond substituents is 1. The Morgan fingerprint density at radius 1 is 1.30 bits per heavy atom. The lowest BCUT2D eigenvalue weighted by molar-refractivity contribution is 0.00760. The molecule has 27 heavy (non-hydrogen) atoms. The molecule has 2 N–H and O–H groups in total. The van der Waals surface area contributed by atoms with Crippen LogP contribution in [0.2, 0.25) is 0 Å². The van der Waals surface area contributed by atoms with Gasteiger partial charge in [-0.2, -0.15) is 0 Å². The lowest BCUT2D eigenvalue weighted by Gasteiger charge is -2.47. The van der Waals surface area contributed by atoms with Crippen molar-refractivity contribution in [2.75, 3.05) is 0 Å². The summed E-state index contributed by atoms with van der Waals surface area (Å²) in [7, 11) is 0. The maximum absolute atomic E-state index is 10.8. The van der Waals surface area contributed by atoms with E-state index in [1.165, 1.54) is 5.57 Å². The summed E-state index contributed by atoms with van der Waals surface area (Å²) >= 11 is 0. The van der Waals surface area contributed by atoms with Crippen molar-refractivity contribution in [1.82, 2.24) is 0 Å². The number of ether oxygens (including phenoxy) is 1. The monoisotopic (exact) mass is 370 g/mol. The predicted octanol–water partition coefficient (Wildman–Crippen LogP) is 5.96. The van der Waals surface area contributed by atoms with Gasteiger partial charge in [0.15, 0.2) is 0 Å². The fourth-order valence-corrected chi connectivity index (χ4v) is 4.60. The number of hydrogen-bond acceptors (Lipinski definition) is 3. The Morgan fingerprint density at radius 2 is 2.07 bits per heavy atom. The molecule has 1 aliphatic carbocycles. The van der Waals surface area contributed by atoms with Gasteiger partial charge >= 0.3 is 0 Å². The molecule has 2 aliphatic rings. The predicted molar refractivity (Wildman–Crippen MR) is 111 cm³/mol. The van der Waals surface area contributed by atoms with E-state index >= 15 is 0 Å². The van der Waals surface area contributed by atoms with E-state index in [2.05, 4.69) is 33.8 Å². The zero-order valence-electron chi connectivity index (χ0n) is 17.2. The van der Waals surface area contributed by atoms with Crippen LogP contribution in [-0.2, 0) is 0 Å². The third kappa shape index (κ3) is 4.40. The van der Waals surface area contributed by atoms with Gasteiger partial charge in [-0.05, 0) is 57.7 Å². The van der Waals surface area contributed by atoms with Gasteiger partial charge in [-0.1, -0.05) is 50.0 Å². The van der Waals surface area contributed by atoms with Gasteiger partial charge in [0, 0.05) is 17.4 Å². The summed E-state index contributed by atoms with van der Waals surface area (Å²) < 4.78 is 6.35. The number of benzene rings is 1. The number of aromatic hydroxyl groups is 1. The highest BCUT2D eigenvalue weighted by molar-refractivity contribution is 5.61. The summed E-state index contributed by atoms with van der Waals surface area (Å²) in [5, 5.41) is 20.9. The molecule has 0 radical (unpaired) electrons. The molecule has 3 unspecified atom stereocenters. The second-order valence-electron chi connectivity index (χ2n) is 8.78. The highest BCUT2D eigenvalue weighted by Crippen LogP contribution is 2.54. The lowest BCUT2D eigenvalue weighted by atomic mass is 9.67. The van der Waals surface area contributed by atoms with E-state index in [4.69, 9.17) is 4.74 Å². The molecule has 3 heteroatoms. The summed E-state index contributed by atoms with van der Waals surface area (Å²) in [4.78, 5) is 0. The molecule has 0 amide bonds. The van der Waals surface area contributed by atoms with Crippen molar-refractivity contribution in [3.63, 3.8) is 0 Å². The van der Waals surface area contributed by atoms with Gasteiger partial charge in [-0.3, -0.25) is 0 Å². The number of hydrogen-bond donors (Lipinski definition) is 2. The third-order valence-electron chi connectivity index (χ3n) is 6.14. The smallest absolute Gasteiger partial charge is 0.127 e. The van der Waals surface area contributed by atoms with Crippen molar-refractivity contribution in [3.8, 4) is 11.5 Å². The van der Waals surface area contributed by atoms with Crippen LogP contribution in [0.15, 0.2) is 29.9 Å². The van der Waals surface area contributed by atoms with Crippen LogP contribution in [0, 0.1) is 5.92 Å². The highest BCUT2D eigenvalue weighted by Gasteiger charge is 2.45. The largest absolute Gasteiger partial charge is 0.507 e. The van der Waals surface area contributed by atoms with Gasteiger partial charge in [0.05, 0.1) is 6.10 Å². The van der Waals surface area contributed by atoms with Crippen LogP contribution in [-0.4, -0.2) is 21.9 Å². The number of unbranched alkanes of at least 4 members (excludes halogenated alkanes) is 2. The van der Waals surface area contributed by atoms with E-state index in [0.717, 1.165) is 55.4 Å². The zero-order valence-corrected chi connectivity index (χ0v) is 17.2. The van der Waals surface area contributed by atoms with Gasteiger partial charge < -0.3 is 14.9 Å². The molecule has 1 heterocycles. The Kier molecular flexibility index (Phi) is 6.00. The van der Waals surface area contributed by atoms with Crippen molar-refractivity contribution in [2.24, 2.45) is 5.92 Å². The first kappa shape index (κ1) is 20.0. The number of phenols is 1. The molecular weight excluding hydrogens is 336 g/mol. The summed E-state index contributed by atoms with van der Waals surface area (Å²) in [6, 6.07) is 3.82. The van der Waals surface area contributed by atoms with Crippen molar-refractivity contribution < 1.29 is 14.9 Å². The van der Waals surface area contributed by atoms with Crippen LogP contribution in [0.1, 0.15) is 83.3 Å². The molecule has 3 nitrogen and oxygen atoms in total. The van der Waals surface area contributed by atoms with Crippen molar-refractivity contribution in [1.29, 1.82) is 0 Å². The van der Waals surface area contributed by atoms with Gasteiger partial charge in [0.25, 0.3) is 0 Å². The second-order valence-corrected chi connectivity index (χ2v) is 8.78. The van der Waals surface area contributed by atoms with Crippen molar-refractivity contribution in [2.45, 2.75) is 83.8 Å². The van der Waals surface area contributed by atoms with E-state index in [1.807, 2.05) is 18.2 Å². The Hall–Kier alpha value is -1.74. The number of aliphatic hydroxyl groups excluding tert-OH is 1. The minimum Gasteiger partial charge on any atom is -0.507 e. The molecule has 0 aromatic heterocycles. The average molecular weight is 371 g/mol. The minimum atomic E-state index is -0.442. The molecule has 148 valence electrons. The van der Waals surface area contributed by atoms with E-state index < -0.39 is 6.10 Å². The molecule has 1 aromatic rings. The van der Waals surface area contributed by atoms with Crippen LogP contribution in [0.4, 0.5) is 0 Å². The fraction of sp³-hybridized carbons (Fsp3) is 0.583. The van der Waals surface area contributed by atoms with Crippen molar-refractivity contribution >= 4 is 6.08 Å². The van der Waals surface area contributed by atoms with Gasteiger partial charge in [-0.15, -0.1) is 0 Å². The number of rotatable bonds is 6. The standard InChI is InChI=1S/C24H34O3/c1-5-6-7-8-18(25)11-10-17-14-21(26)23-19-13-16(2)9-12-20(19)24(3,4)27-22(23)15-17/h9-11,14-15,18-20,25-26H,5-8,12-13H2,1-4H3. The van der Waals surface area contributed by atoms with E-state index in [-0.39, 0.29) is 5.60 Å². The van der Waals surface area contributed by atoms with Crippen LogP contribution in [0.25, 0.3) is 6.08 Å². The summed E-state index contributed by atoms with van der Waals surface area (Å²) in [6.07, 6.45) is 11.7. The van der Waals surface area contributed by atoms with E-state index in [1.54, 1.807) is 6.07 Å². The topological polar surface area (TPSA) is 49.7 Å². The normalized spacial score (nSPS) is 24.7. The van der Waals surface area contributed by atoms with Crippen LogP contribution in [0.3, 0.4) is 0 Å². The zero-order chi connectivity index (χ0) is 19.6. The quantitative estimate of drug-likeness (QED) is 0.480. The minimum absolute atomic E-state index is 0.261. The van der Waals surface area contributed by atoms with Gasteiger partial charge in [0.1, 0.15) is 17.1 Å². The van der Waals surface area contributed by atoms with Gasteiger partial charge in [0.2, 0.25) is 0 Å². The SMILES string of the molecule is CCCCCC(O)C=Cc1cc(O)c2c(c1)OC(C)(C)C1CC=C(C)CC21. The Labute approximate surface area is 163 Å². The molecule has 0 bridgehead atoms. The van der Waals surface area contributed by atoms with E-state index in [0.29, 0.717) is 17.6 Å². The second kappa shape index (κ2) is 8.10. The molecule has 0 saturated heterocycles. The number of fused-ring (bicyclic) bond motifs is 3. The maximum atomic E-state index is 10.8. The molecule has 3 rings (SSSR count). The van der Waals surface area contributed by atoms with Crippen LogP contribution >= 0.6 is 0 Å². The molecule has 0 fully saturated rings. The Bertz CT molecular complexity index is 729. The fourth-order valence-electron chi connectivity index (χ4n) is 4.60. The maximum Gasteiger partial charge on any atom is 0.127 e. The molecule has 0 saturated carbocycles. The first-order chi connectivity index (χ1) is 12.8. The molecule has 1 aromatic carbocycles. The molecule has 3 atom stereocenters. The van der Waals surface area contributed by atoms with Crippen molar-refractivity contribution in [3.05, 3.63) is 41.0 Å². The first-order valence-electron chi connectivity index (χ1n) is 10.4. The number of aliphatic hydroxyl groups is 1.